The van der Waals surface area contributed by atoms with E-state index in [9.17, 15) is 4.39 Å². The Bertz CT molecular complexity index is 1090. The highest BCUT2D eigenvalue weighted by molar-refractivity contribution is 6.31. The summed E-state index contributed by atoms with van der Waals surface area (Å²) in [7, 11) is 0. The first kappa shape index (κ1) is 17.8. The molecule has 2 aromatic heterocycles. The Kier molecular flexibility index (Phi) is 4.25. The summed E-state index contributed by atoms with van der Waals surface area (Å²) >= 11 is 6.28. The fourth-order valence-electron chi connectivity index (χ4n) is 4.40. The molecule has 3 aromatic rings. The van der Waals surface area contributed by atoms with E-state index in [1.807, 2.05) is 32.0 Å². The van der Waals surface area contributed by atoms with Gasteiger partial charge in [-0.3, -0.25) is 4.98 Å². The molecule has 1 N–H and O–H groups in total. The van der Waals surface area contributed by atoms with Gasteiger partial charge in [0, 0.05) is 29.8 Å². The van der Waals surface area contributed by atoms with Crippen molar-refractivity contribution < 1.29 is 9.23 Å². The lowest BCUT2D eigenvalue weighted by Crippen LogP contribution is -2.25. The van der Waals surface area contributed by atoms with Gasteiger partial charge >= 0.3 is 0 Å². The van der Waals surface area contributed by atoms with Gasteiger partial charge < -0.3 is 9.40 Å². The van der Waals surface area contributed by atoms with Crippen molar-refractivity contribution in [3.8, 4) is 0 Å². The number of alkyl halides is 1. The normalized spacial score (nSPS) is 27.5. The fourth-order valence-corrected chi connectivity index (χ4v) is 4.57. The van der Waals surface area contributed by atoms with Gasteiger partial charge in [0.2, 0.25) is 5.90 Å². The Morgan fingerprint density at radius 1 is 1.32 bits per heavy atom. The van der Waals surface area contributed by atoms with E-state index in [2.05, 4.69) is 20.0 Å². The standard InChI is InChI=1S/C20H21ClFN5O/c1-10-5-13(7-15(10)22)27-19(8-18-24-11(2)28-26-18)25-17-9-23-16-4-3-12(21)6-14(16)20(17)27/h3-4,6,9-10,13,15,18,26H,5,7-8H2,1-2H3/t10-,13?,15+,18?/m1/s1. The number of halogens is 2. The van der Waals surface area contributed by atoms with Crippen LogP contribution in [0.25, 0.3) is 21.9 Å². The maximum atomic E-state index is 14.4. The minimum atomic E-state index is -0.805. The number of hydrogen-bond acceptors (Lipinski definition) is 5. The quantitative estimate of drug-likeness (QED) is 0.707. The second-order valence-electron chi connectivity index (χ2n) is 7.76. The van der Waals surface area contributed by atoms with Gasteiger partial charge in [-0.05, 0) is 37.0 Å². The van der Waals surface area contributed by atoms with E-state index in [4.69, 9.17) is 21.4 Å². The van der Waals surface area contributed by atoms with E-state index in [0.29, 0.717) is 23.8 Å². The zero-order valence-electron chi connectivity index (χ0n) is 15.7. The maximum absolute atomic E-state index is 14.4. The van der Waals surface area contributed by atoms with Crippen molar-refractivity contribution in [2.24, 2.45) is 10.9 Å². The molecule has 0 amide bonds. The van der Waals surface area contributed by atoms with Crippen molar-refractivity contribution in [2.45, 2.75) is 51.5 Å². The molecule has 1 aliphatic heterocycles. The highest BCUT2D eigenvalue weighted by Crippen LogP contribution is 2.40. The number of nitrogens with zero attached hydrogens (tertiary/aromatic N) is 4. The predicted octanol–water partition coefficient (Wildman–Crippen LogP) is 4.37. The number of hydroxylamine groups is 1. The number of fused-ring (bicyclic) bond motifs is 3. The Balaban J connectivity index is 1.71. The van der Waals surface area contributed by atoms with Crippen molar-refractivity contribution in [3.63, 3.8) is 0 Å². The fraction of sp³-hybridized carbons (Fsp3) is 0.450. The highest BCUT2D eigenvalue weighted by Gasteiger charge is 2.35. The summed E-state index contributed by atoms with van der Waals surface area (Å²) in [5, 5.41) is 1.58. The Hall–Kier alpha value is -2.25. The lowest BCUT2D eigenvalue weighted by molar-refractivity contribution is 0.175. The lowest BCUT2D eigenvalue weighted by atomic mass is 10.1. The second-order valence-corrected chi connectivity index (χ2v) is 8.19. The minimum absolute atomic E-state index is 0.0280. The number of pyridine rings is 1. The summed E-state index contributed by atoms with van der Waals surface area (Å²) in [4.78, 5) is 19.1. The van der Waals surface area contributed by atoms with E-state index in [-0.39, 0.29) is 18.1 Å². The molecule has 4 atom stereocenters. The molecule has 2 unspecified atom stereocenters. The summed E-state index contributed by atoms with van der Waals surface area (Å²) in [5.41, 5.74) is 5.52. The molecule has 5 rings (SSSR count). The van der Waals surface area contributed by atoms with Crippen LogP contribution in [0.3, 0.4) is 0 Å². The van der Waals surface area contributed by atoms with E-state index in [1.165, 1.54) is 0 Å². The molecular formula is C20H21ClFN5O. The minimum Gasteiger partial charge on any atom is -0.392 e. The Morgan fingerprint density at radius 2 is 2.18 bits per heavy atom. The van der Waals surface area contributed by atoms with Crippen LogP contribution in [0, 0.1) is 5.92 Å². The van der Waals surface area contributed by atoms with Crippen LogP contribution in [0.2, 0.25) is 5.02 Å². The number of aromatic nitrogens is 3. The molecule has 3 heterocycles. The summed E-state index contributed by atoms with van der Waals surface area (Å²) in [6.45, 7) is 3.78. The highest BCUT2D eigenvalue weighted by atomic mass is 35.5. The average molecular weight is 402 g/mol. The zero-order valence-corrected chi connectivity index (χ0v) is 16.4. The summed E-state index contributed by atoms with van der Waals surface area (Å²) in [5.74, 6) is 1.49. The van der Waals surface area contributed by atoms with Gasteiger partial charge in [-0.2, -0.15) is 0 Å². The van der Waals surface area contributed by atoms with Crippen LogP contribution in [0.15, 0.2) is 29.4 Å². The Morgan fingerprint density at radius 3 is 2.89 bits per heavy atom. The molecule has 8 heteroatoms. The maximum Gasteiger partial charge on any atom is 0.207 e. The van der Waals surface area contributed by atoms with Crippen molar-refractivity contribution in [1.29, 1.82) is 0 Å². The van der Waals surface area contributed by atoms with Crippen LogP contribution in [0.5, 0.6) is 0 Å². The molecule has 146 valence electrons. The molecule has 0 saturated heterocycles. The average Bonchev–Trinajstić information content (AvgIpc) is 3.32. The summed E-state index contributed by atoms with van der Waals surface area (Å²) in [6, 6.07) is 5.70. The van der Waals surface area contributed by atoms with Crippen LogP contribution >= 0.6 is 11.6 Å². The van der Waals surface area contributed by atoms with Gasteiger partial charge in [0.05, 0.1) is 17.2 Å². The van der Waals surface area contributed by atoms with Crippen molar-refractivity contribution >= 4 is 39.4 Å². The molecule has 1 saturated carbocycles. The van der Waals surface area contributed by atoms with Crippen LogP contribution in [-0.4, -0.2) is 32.8 Å². The molecule has 0 radical (unpaired) electrons. The zero-order chi connectivity index (χ0) is 19.4. The van der Waals surface area contributed by atoms with E-state index >= 15 is 0 Å². The first-order valence-corrected chi connectivity index (χ1v) is 9.93. The van der Waals surface area contributed by atoms with Crippen LogP contribution in [-0.2, 0) is 11.3 Å². The SMILES string of the molecule is CC1=NC(Cc2nc3cnc4ccc(Cl)cc4c3n2C2C[C@@H](C)[C@@H](F)C2)NO1. The van der Waals surface area contributed by atoms with Gasteiger partial charge in [0.15, 0.2) is 0 Å². The van der Waals surface area contributed by atoms with Gasteiger partial charge in [0.25, 0.3) is 0 Å². The topological polar surface area (TPSA) is 64.3 Å². The molecule has 0 spiro atoms. The number of imidazole rings is 1. The lowest BCUT2D eigenvalue weighted by Gasteiger charge is -2.18. The molecular weight excluding hydrogens is 381 g/mol. The van der Waals surface area contributed by atoms with Crippen molar-refractivity contribution in [2.75, 3.05) is 0 Å². The van der Waals surface area contributed by atoms with Gasteiger partial charge in [-0.25, -0.2) is 14.4 Å². The van der Waals surface area contributed by atoms with Crippen molar-refractivity contribution in [1.82, 2.24) is 20.0 Å². The Labute approximate surface area is 166 Å². The van der Waals surface area contributed by atoms with Crippen LogP contribution in [0.4, 0.5) is 4.39 Å². The predicted molar refractivity (Wildman–Crippen MR) is 107 cm³/mol. The second kappa shape index (κ2) is 6.67. The van der Waals surface area contributed by atoms with E-state index < -0.39 is 6.17 Å². The van der Waals surface area contributed by atoms with Crippen LogP contribution < -0.4 is 5.48 Å². The first-order chi connectivity index (χ1) is 13.5. The van der Waals surface area contributed by atoms with Gasteiger partial charge in [-0.1, -0.05) is 18.5 Å². The molecule has 2 aliphatic rings. The number of nitrogens with one attached hydrogen (secondary N) is 1. The third-order valence-corrected chi connectivity index (χ3v) is 5.97. The number of benzene rings is 1. The van der Waals surface area contributed by atoms with Crippen molar-refractivity contribution in [3.05, 3.63) is 35.2 Å². The summed E-state index contributed by atoms with van der Waals surface area (Å²) < 4.78 is 16.6. The molecule has 1 fully saturated rings. The van der Waals surface area contributed by atoms with Crippen LogP contribution in [0.1, 0.15) is 38.6 Å². The van der Waals surface area contributed by atoms with Gasteiger partial charge in [0.1, 0.15) is 23.7 Å². The molecule has 6 nitrogen and oxygen atoms in total. The molecule has 1 aliphatic carbocycles. The number of rotatable bonds is 3. The monoisotopic (exact) mass is 401 g/mol. The smallest absolute Gasteiger partial charge is 0.207 e. The van der Waals surface area contributed by atoms with E-state index in [0.717, 1.165) is 34.2 Å². The molecule has 0 bridgehead atoms. The largest absolute Gasteiger partial charge is 0.392 e. The number of hydrogen-bond donors (Lipinski definition) is 1. The van der Waals surface area contributed by atoms with Gasteiger partial charge in [-0.15, -0.1) is 5.48 Å². The molecule has 1 aromatic carbocycles. The number of aliphatic imine (C=N–C) groups is 1. The first-order valence-electron chi connectivity index (χ1n) is 9.55. The van der Waals surface area contributed by atoms with E-state index in [1.54, 1.807) is 6.20 Å². The third kappa shape index (κ3) is 2.93. The summed E-state index contributed by atoms with van der Waals surface area (Å²) in [6.07, 6.45) is 2.58. The molecule has 28 heavy (non-hydrogen) atoms. The third-order valence-electron chi connectivity index (χ3n) is 5.73.